The molecule has 1 unspecified atom stereocenters. The van der Waals surface area contributed by atoms with E-state index in [0.29, 0.717) is 68.1 Å². The Balaban J connectivity index is 1.45. The van der Waals surface area contributed by atoms with E-state index in [-0.39, 0.29) is 11.5 Å². The summed E-state index contributed by atoms with van der Waals surface area (Å²) in [6.45, 7) is 6.32. The van der Waals surface area contributed by atoms with Crippen molar-refractivity contribution in [3.63, 3.8) is 0 Å². The molecule has 204 valence electrons. The first kappa shape index (κ1) is 26.3. The summed E-state index contributed by atoms with van der Waals surface area (Å²) < 4.78 is 39.5. The van der Waals surface area contributed by atoms with Crippen LogP contribution in [0.4, 0.5) is 37.5 Å². The van der Waals surface area contributed by atoms with E-state index in [1.54, 1.807) is 19.2 Å². The number of hydrogen-bond acceptors (Lipinski definition) is 9. The third kappa shape index (κ3) is 5.76. The molecular formula is C27H28F2N6O4. The van der Waals surface area contributed by atoms with E-state index in [9.17, 15) is 13.6 Å². The number of benzene rings is 2. The number of ether oxygens (including phenoxy) is 2. The lowest BCUT2D eigenvalue weighted by atomic mass is 10.0. The number of nitrogens with one attached hydrogen (secondary N) is 2. The fourth-order valence-corrected chi connectivity index (χ4v) is 4.61. The summed E-state index contributed by atoms with van der Waals surface area (Å²) in [5.41, 5.74) is 2.06. The van der Waals surface area contributed by atoms with Gasteiger partial charge in [-0.25, -0.2) is 23.8 Å². The molecule has 2 saturated heterocycles. The molecule has 10 nitrogen and oxygen atoms in total. The summed E-state index contributed by atoms with van der Waals surface area (Å²) in [5, 5.41) is 7.53. The third-order valence-corrected chi connectivity index (χ3v) is 6.48. The lowest BCUT2D eigenvalue weighted by molar-refractivity contribution is -0.111. The van der Waals surface area contributed by atoms with Crippen molar-refractivity contribution in [2.45, 2.75) is 12.5 Å². The van der Waals surface area contributed by atoms with Crippen LogP contribution in [-0.2, 0) is 14.4 Å². The molecule has 3 aromatic rings. The molecule has 5 rings (SSSR count). The van der Waals surface area contributed by atoms with Gasteiger partial charge >= 0.3 is 0 Å². The molecular weight excluding hydrogens is 510 g/mol. The van der Waals surface area contributed by atoms with Gasteiger partial charge in [0.2, 0.25) is 5.91 Å². The molecule has 2 fully saturated rings. The zero-order valence-corrected chi connectivity index (χ0v) is 21.3. The Morgan fingerprint density at radius 3 is 2.72 bits per heavy atom. The minimum atomic E-state index is -0.563. The van der Waals surface area contributed by atoms with Crippen molar-refractivity contribution in [1.29, 1.82) is 0 Å². The van der Waals surface area contributed by atoms with Crippen LogP contribution < -0.4 is 25.3 Å². The number of methoxy groups -OCH3 is 1. The minimum absolute atomic E-state index is 0.184. The summed E-state index contributed by atoms with van der Waals surface area (Å²) in [7, 11) is 1.55. The number of morpholine rings is 1. The van der Waals surface area contributed by atoms with Crippen LogP contribution in [0.1, 0.15) is 18.0 Å². The minimum Gasteiger partial charge on any atom is -0.494 e. The maximum Gasteiger partial charge on any atom is 0.247 e. The fraction of sp³-hybridized carbons (Fsp3) is 0.296. The predicted octanol–water partition coefficient (Wildman–Crippen LogP) is 4.35. The Kier molecular flexibility index (Phi) is 7.84. The predicted molar refractivity (Wildman–Crippen MR) is 142 cm³/mol. The maximum absolute atomic E-state index is 14.5. The Labute approximate surface area is 224 Å². The van der Waals surface area contributed by atoms with E-state index in [0.717, 1.165) is 17.8 Å². The number of nitrogens with zero attached hydrogens (tertiary/aromatic N) is 4. The van der Waals surface area contributed by atoms with Gasteiger partial charge in [0.15, 0.2) is 5.82 Å². The number of carbonyl (C=O) groups excluding carboxylic acids is 1. The number of hydroxylamine groups is 1. The topological polar surface area (TPSA) is 101 Å². The highest BCUT2D eigenvalue weighted by Crippen LogP contribution is 2.40. The van der Waals surface area contributed by atoms with E-state index in [1.807, 2.05) is 6.07 Å². The standard InChI is InChI=1S/C27H28F2N6O4/c1-3-27(36)33-20-13-21(24(37-2)14-23(20)34-7-10-38-11-8-34)32-25-15-26(31-16-30-25)35-22(6-9-39-35)18-12-17(28)4-5-19(18)29/h3-5,12-16,22H,1,6-11H2,2H3,(H,33,36)(H,30,31,32). The van der Waals surface area contributed by atoms with Crippen LogP contribution in [-0.4, -0.2) is 55.9 Å². The molecule has 0 saturated carbocycles. The van der Waals surface area contributed by atoms with Gasteiger partial charge in [0, 0.05) is 37.2 Å². The van der Waals surface area contributed by atoms with Crippen LogP contribution in [0.3, 0.4) is 0 Å². The van der Waals surface area contributed by atoms with Gasteiger partial charge < -0.3 is 25.0 Å². The lowest BCUT2D eigenvalue weighted by Gasteiger charge is -2.31. The summed E-state index contributed by atoms with van der Waals surface area (Å²) in [4.78, 5) is 28.7. The summed E-state index contributed by atoms with van der Waals surface area (Å²) in [5.74, 6) is -0.133. The first-order valence-electron chi connectivity index (χ1n) is 12.4. The normalized spacial score (nSPS) is 17.2. The maximum atomic E-state index is 14.5. The van der Waals surface area contributed by atoms with Gasteiger partial charge in [-0.2, -0.15) is 0 Å². The van der Waals surface area contributed by atoms with Gasteiger partial charge in [0.1, 0.15) is 29.5 Å². The van der Waals surface area contributed by atoms with Crippen molar-refractivity contribution in [2.24, 2.45) is 0 Å². The molecule has 0 bridgehead atoms. The molecule has 1 aromatic heterocycles. The first-order chi connectivity index (χ1) is 19.0. The van der Waals surface area contributed by atoms with Gasteiger partial charge in [-0.1, -0.05) is 6.58 Å². The molecule has 39 heavy (non-hydrogen) atoms. The average Bonchev–Trinajstić information content (AvgIpc) is 3.45. The highest BCUT2D eigenvalue weighted by atomic mass is 19.1. The zero-order chi connectivity index (χ0) is 27.4. The van der Waals surface area contributed by atoms with E-state index < -0.39 is 17.7 Å². The second-order valence-corrected chi connectivity index (χ2v) is 8.88. The lowest BCUT2D eigenvalue weighted by Crippen LogP contribution is -2.36. The number of carbonyl (C=O) groups is 1. The van der Waals surface area contributed by atoms with Crippen LogP contribution in [0.2, 0.25) is 0 Å². The molecule has 12 heteroatoms. The Morgan fingerprint density at radius 2 is 1.95 bits per heavy atom. The average molecular weight is 539 g/mol. The number of amides is 1. The van der Waals surface area contributed by atoms with Crippen LogP contribution >= 0.6 is 0 Å². The molecule has 0 aliphatic carbocycles. The van der Waals surface area contributed by atoms with E-state index >= 15 is 0 Å². The third-order valence-electron chi connectivity index (χ3n) is 6.48. The fourth-order valence-electron chi connectivity index (χ4n) is 4.61. The van der Waals surface area contributed by atoms with Gasteiger partial charge in [-0.05, 0) is 30.3 Å². The van der Waals surface area contributed by atoms with Crippen molar-refractivity contribution in [1.82, 2.24) is 9.97 Å². The molecule has 2 aliphatic rings. The van der Waals surface area contributed by atoms with E-state index in [2.05, 4.69) is 32.1 Å². The molecule has 2 aromatic carbocycles. The van der Waals surface area contributed by atoms with Gasteiger partial charge in [0.05, 0.1) is 50.0 Å². The largest absolute Gasteiger partial charge is 0.494 e. The molecule has 0 spiro atoms. The quantitative estimate of drug-likeness (QED) is 0.406. The highest BCUT2D eigenvalue weighted by molar-refractivity contribution is 6.02. The monoisotopic (exact) mass is 538 g/mol. The Morgan fingerprint density at radius 1 is 1.13 bits per heavy atom. The van der Waals surface area contributed by atoms with Crippen LogP contribution in [0, 0.1) is 11.6 Å². The van der Waals surface area contributed by atoms with Crippen LogP contribution in [0.25, 0.3) is 0 Å². The van der Waals surface area contributed by atoms with Crippen molar-refractivity contribution >= 4 is 34.6 Å². The zero-order valence-electron chi connectivity index (χ0n) is 21.3. The number of rotatable bonds is 8. The summed E-state index contributed by atoms with van der Waals surface area (Å²) in [6.07, 6.45) is 2.99. The number of anilines is 5. The SMILES string of the molecule is C=CC(=O)Nc1cc(Nc2cc(N3OCCC3c3cc(F)ccc3F)ncn2)c(OC)cc1N1CCOCC1. The van der Waals surface area contributed by atoms with E-state index in [4.69, 9.17) is 14.3 Å². The van der Waals surface area contributed by atoms with Crippen molar-refractivity contribution in [3.05, 3.63) is 72.6 Å². The summed E-state index contributed by atoms with van der Waals surface area (Å²) >= 11 is 0. The van der Waals surface area contributed by atoms with Crippen molar-refractivity contribution in [3.8, 4) is 5.75 Å². The van der Waals surface area contributed by atoms with Crippen LogP contribution in [0.15, 0.2) is 55.4 Å². The molecule has 3 heterocycles. The number of halogens is 2. The smallest absolute Gasteiger partial charge is 0.247 e. The number of aromatic nitrogens is 2. The van der Waals surface area contributed by atoms with Crippen molar-refractivity contribution in [2.75, 3.05) is 60.6 Å². The first-order valence-corrected chi connectivity index (χ1v) is 12.4. The van der Waals surface area contributed by atoms with Gasteiger partial charge in [-0.15, -0.1) is 0 Å². The van der Waals surface area contributed by atoms with Crippen molar-refractivity contribution < 1.29 is 27.9 Å². The molecule has 2 aliphatic heterocycles. The highest BCUT2D eigenvalue weighted by Gasteiger charge is 2.31. The molecule has 1 atom stereocenters. The molecule has 1 amide bonds. The number of hydrogen-bond donors (Lipinski definition) is 2. The Hall–Kier alpha value is -4.29. The van der Waals surface area contributed by atoms with Gasteiger partial charge in [-0.3, -0.25) is 9.63 Å². The van der Waals surface area contributed by atoms with Crippen LogP contribution in [0.5, 0.6) is 5.75 Å². The second-order valence-electron chi connectivity index (χ2n) is 8.88. The molecule has 0 radical (unpaired) electrons. The second kappa shape index (κ2) is 11.6. The summed E-state index contributed by atoms with van der Waals surface area (Å²) in [6, 6.07) is 8.00. The Bertz CT molecular complexity index is 1370. The van der Waals surface area contributed by atoms with E-state index in [1.165, 1.54) is 23.5 Å². The van der Waals surface area contributed by atoms with Gasteiger partial charge in [0.25, 0.3) is 0 Å². The molecule has 2 N–H and O–H groups in total.